The van der Waals surface area contributed by atoms with E-state index >= 15 is 0 Å². The molecule has 8 heteroatoms. The number of carbonyl (C=O) groups excluding carboxylic acids is 2. The number of Topliss-reactive ketones (excluding diaryl/α,β-unsaturated/α-hetero) is 1. The minimum atomic E-state index is -1.62. The summed E-state index contributed by atoms with van der Waals surface area (Å²) in [6, 6.07) is 1.54. The molecule has 1 fully saturated rings. The van der Waals surface area contributed by atoms with Gasteiger partial charge in [-0.2, -0.15) is 0 Å². The van der Waals surface area contributed by atoms with Crippen molar-refractivity contribution in [2.75, 3.05) is 40.5 Å². The highest BCUT2D eigenvalue weighted by atomic mass is 35.5. The highest BCUT2D eigenvalue weighted by Gasteiger charge is 2.60. The van der Waals surface area contributed by atoms with Crippen LogP contribution in [0.3, 0.4) is 0 Å². The Morgan fingerprint density at radius 3 is 2.46 bits per heavy atom. The van der Waals surface area contributed by atoms with E-state index in [-0.39, 0.29) is 33.8 Å². The molecule has 150 valence electrons. The highest BCUT2D eigenvalue weighted by Crippen LogP contribution is 2.53. The zero-order valence-electron chi connectivity index (χ0n) is 16.0. The van der Waals surface area contributed by atoms with Crippen LogP contribution in [0.2, 0.25) is 5.02 Å². The fourth-order valence-electron chi connectivity index (χ4n) is 4.18. The molecular formula is C20H22ClNO6. The van der Waals surface area contributed by atoms with Gasteiger partial charge in [-0.1, -0.05) is 18.5 Å². The molecule has 7 nitrogen and oxygen atoms in total. The van der Waals surface area contributed by atoms with Crippen molar-refractivity contribution in [3.63, 3.8) is 0 Å². The average molecular weight is 408 g/mol. The maximum absolute atomic E-state index is 13.4. The SMILES string of the molecule is COc1cc(OC)c2c(c1Cl)OC1(C(=O)C=C(N3CCOCC3)CC1C)C2=O. The predicted molar refractivity (Wildman–Crippen MR) is 102 cm³/mol. The summed E-state index contributed by atoms with van der Waals surface area (Å²) in [5.74, 6) is -0.408. The molecule has 0 bridgehead atoms. The monoisotopic (exact) mass is 407 g/mol. The van der Waals surface area contributed by atoms with Crippen molar-refractivity contribution in [2.24, 2.45) is 5.92 Å². The number of methoxy groups -OCH3 is 2. The molecular weight excluding hydrogens is 386 g/mol. The van der Waals surface area contributed by atoms with Crippen LogP contribution >= 0.6 is 11.6 Å². The molecule has 1 aromatic rings. The van der Waals surface area contributed by atoms with Gasteiger partial charge in [-0.05, 0) is 6.42 Å². The Morgan fingerprint density at radius 2 is 1.86 bits per heavy atom. The second kappa shape index (κ2) is 6.97. The maximum Gasteiger partial charge on any atom is 0.236 e. The number of nitrogens with zero attached hydrogens (tertiary/aromatic N) is 1. The Hall–Kier alpha value is -2.25. The smallest absolute Gasteiger partial charge is 0.236 e. The molecule has 2 aliphatic heterocycles. The van der Waals surface area contributed by atoms with E-state index < -0.39 is 11.4 Å². The van der Waals surface area contributed by atoms with Gasteiger partial charge in [-0.3, -0.25) is 9.59 Å². The van der Waals surface area contributed by atoms with Crippen LogP contribution < -0.4 is 14.2 Å². The maximum atomic E-state index is 13.4. The molecule has 1 saturated heterocycles. The van der Waals surface area contributed by atoms with Gasteiger partial charge >= 0.3 is 0 Å². The van der Waals surface area contributed by atoms with Crippen molar-refractivity contribution in [3.05, 3.63) is 28.4 Å². The normalized spacial score (nSPS) is 26.8. The number of halogens is 1. The Morgan fingerprint density at radius 1 is 1.18 bits per heavy atom. The lowest BCUT2D eigenvalue weighted by Crippen LogP contribution is -2.56. The van der Waals surface area contributed by atoms with Crippen molar-refractivity contribution in [2.45, 2.75) is 18.9 Å². The first-order valence-electron chi connectivity index (χ1n) is 9.20. The molecule has 1 spiro atoms. The third kappa shape index (κ3) is 2.60. The summed E-state index contributed by atoms with van der Waals surface area (Å²) in [7, 11) is 2.91. The fraction of sp³-hybridized carbons (Fsp3) is 0.500. The van der Waals surface area contributed by atoms with Gasteiger partial charge in [0.2, 0.25) is 17.2 Å². The Balaban J connectivity index is 1.76. The Labute approximate surface area is 168 Å². The summed E-state index contributed by atoms with van der Waals surface area (Å²) in [4.78, 5) is 28.8. The van der Waals surface area contributed by atoms with Crippen LogP contribution in [-0.2, 0) is 9.53 Å². The average Bonchev–Trinajstić information content (AvgIpc) is 3.02. The number of hydrogen-bond acceptors (Lipinski definition) is 7. The quantitative estimate of drug-likeness (QED) is 0.712. The van der Waals surface area contributed by atoms with E-state index in [9.17, 15) is 9.59 Å². The second-order valence-corrected chi connectivity index (χ2v) is 7.55. The first-order chi connectivity index (χ1) is 13.4. The van der Waals surface area contributed by atoms with Gasteiger partial charge in [0, 0.05) is 36.8 Å². The number of hydrogen-bond donors (Lipinski definition) is 0. The summed E-state index contributed by atoms with van der Waals surface area (Å²) >= 11 is 6.39. The molecule has 2 heterocycles. The van der Waals surface area contributed by atoms with Crippen LogP contribution in [0, 0.1) is 5.92 Å². The number of carbonyl (C=O) groups is 2. The molecule has 0 saturated carbocycles. The van der Waals surface area contributed by atoms with E-state index in [1.807, 2.05) is 6.92 Å². The van der Waals surface area contributed by atoms with E-state index in [0.29, 0.717) is 25.4 Å². The first-order valence-corrected chi connectivity index (χ1v) is 9.57. The van der Waals surface area contributed by atoms with Crippen LogP contribution in [0.25, 0.3) is 0 Å². The molecule has 3 aliphatic rings. The summed E-state index contributed by atoms with van der Waals surface area (Å²) in [5.41, 5.74) is -0.521. The van der Waals surface area contributed by atoms with Crippen LogP contribution in [0.1, 0.15) is 23.7 Å². The predicted octanol–water partition coefficient (Wildman–Crippen LogP) is 2.50. The molecule has 1 aromatic carbocycles. The third-order valence-electron chi connectivity index (χ3n) is 5.71. The van der Waals surface area contributed by atoms with E-state index in [1.165, 1.54) is 26.4 Å². The number of fused-ring (bicyclic) bond motifs is 1. The number of ketones is 2. The molecule has 2 atom stereocenters. The standard InChI is InChI=1S/C20H22ClNO6/c1-11-8-12(22-4-6-27-7-5-22)9-15(23)20(11)19(24)16-13(25-2)10-14(26-3)17(21)18(16)28-20/h9-11H,4-8H2,1-3H3. The minimum Gasteiger partial charge on any atom is -0.496 e. The van der Waals surface area contributed by atoms with Gasteiger partial charge in [0.1, 0.15) is 22.1 Å². The lowest BCUT2D eigenvalue weighted by molar-refractivity contribution is -0.129. The van der Waals surface area contributed by atoms with E-state index in [2.05, 4.69) is 4.90 Å². The summed E-state index contributed by atoms with van der Waals surface area (Å²) in [5, 5.41) is 0.159. The summed E-state index contributed by atoms with van der Waals surface area (Å²) in [6.45, 7) is 4.55. The molecule has 1 aliphatic carbocycles. The summed E-state index contributed by atoms with van der Waals surface area (Å²) in [6.07, 6.45) is 2.08. The van der Waals surface area contributed by atoms with Crippen molar-refractivity contribution in [1.29, 1.82) is 0 Å². The molecule has 4 rings (SSSR count). The van der Waals surface area contributed by atoms with Crippen LogP contribution in [0.15, 0.2) is 17.8 Å². The molecule has 0 N–H and O–H groups in total. The number of benzene rings is 1. The van der Waals surface area contributed by atoms with Gasteiger partial charge in [-0.15, -0.1) is 0 Å². The highest BCUT2D eigenvalue weighted by molar-refractivity contribution is 6.36. The van der Waals surface area contributed by atoms with Crippen LogP contribution in [0.5, 0.6) is 17.2 Å². The molecule has 0 radical (unpaired) electrons. The topological polar surface area (TPSA) is 74.3 Å². The Kier molecular flexibility index (Phi) is 4.75. The van der Waals surface area contributed by atoms with E-state index in [0.717, 1.165) is 18.8 Å². The minimum absolute atomic E-state index is 0.145. The van der Waals surface area contributed by atoms with Gasteiger partial charge in [0.25, 0.3) is 0 Å². The van der Waals surface area contributed by atoms with Crippen molar-refractivity contribution in [1.82, 2.24) is 4.90 Å². The molecule has 0 amide bonds. The lowest BCUT2D eigenvalue weighted by atomic mass is 9.74. The van der Waals surface area contributed by atoms with Crippen LogP contribution in [-0.4, -0.2) is 62.6 Å². The fourth-order valence-corrected chi connectivity index (χ4v) is 4.44. The third-order valence-corrected chi connectivity index (χ3v) is 6.07. The van der Waals surface area contributed by atoms with Gasteiger partial charge in [0.15, 0.2) is 5.75 Å². The number of morpholine rings is 1. The van der Waals surface area contributed by atoms with Gasteiger partial charge < -0.3 is 23.8 Å². The zero-order valence-corrected chi connectivity index (χ0v) is 16.8. The van der Waals surface area contributed by atoms with Crippen molar-refractivity contribution in [3.8, 4) is 17.2 Å². The van der Waals surface area contributed by atoms with E-state index in [1.54, 1.807) is 0 Å². The molecule has 28 heavy (non-hydrogen) atoms. The second-order valence-electron chi connectivity index (χ2n) is 7.17. The van der Waals surface area contributed by atoms with Gasteiger partial charge in [-0.25, -0.2) is 0 Å². The largest absolute Gasteiger partial charge is 0.496 e. The molecule has 0 aromatic heterocycles. The van der Waals surface area contributed by atoms with Crippen molar-refractivity contribution < 1.29 is 28.5 Å². The number of ether oxygens (including phenoxy) is 4. The number of rotatable bonds is 3. The van der Waals surface area contributed by atoms with Crippen molar-refractivity contribution >= 4 is 23.2 Å². The molecule has 2 unspecified atom stereocenters. The lowest BCUT2D eigenvalue weighted by Gasteiger charge is -2.39. The zero-order chi connectivity index (χ0) is 20.1. The van der Waals surface area contributed by atoms with Crippen LogP contribution in [0.4, 0.5) is 0 Å². The first kappa shape index (κ1) is 19.1. The number of allylic oxidation sites excluding steroid dienone is 1. The van der Waals surface area contributed by atoms with E-state index in [4.69, 9.17) is 30.5 Å². The van der Waals surface area contributed by atoms with Gasteiger partial charge in [0.05, 0.1) is 27.4 Å². The Bertz CT molecular complexity index is 876. The summed E-state index contributed by atoms with van der Waals surface area (Å²) < 4.78 is 22.0.